The summed E-state index contributed by atoms with van der Waals surface area (Å²) in [6.45, 7) is 1.81. The number of nitrogen functional groups attached to an aromatic ring is 1. The third-order valence-corrected chi connectivity index (χ3v) is 7.41. The van der Waals surface area contributed by atoms with Gasteiger partial charge in [-0.1, -0.05) is 11.3 Å². The molecule has 1 saturated heterocycles. The minimum atomic E-state index is -0.723. The van der Waals surface area contributed by atoms with E-state index in [1.54, 1.807) is 47.3 Å². The number of rotatable bonds is 12. The molecule has 1 aromatic heterocycles. The molecule has 5 amide bonds. The Kier molecular flexibility index (Phi) is 9.14. The van der Waals surface area contributed by atoms with Gasteiger partial charge in [0.25, 0.3) is 11.8 Å². The molecular weight excluding hydrogens is 570 g/mol. The van der Waals surface area contributed by atoms with Gasteiger partial charge in [0, 0.05) is 54.9 Å². The van der Waals surface area contributed by atoms with Crippen molar-refractivity contribution in [3.8, 4) is 5.75 Å². The summed E-state index contributed by atoms with van der Waals surface area (Å²) in [6.07, 6.45) is 2.36. The van der Waals surface area contributed by atoms with E-state index in [4.69, 9.17) is 10.5 Å². The standard InChI is InChI=1S/C29H33N9O6/c1-44-24-13-17(5-6-21(24)30)27(41)32-14-18-15-37(36-35-18)12-11-31-10-9-26(40)33-22-4-2-3-19-20(22)16-38(29(19)43)23-7-8-25(39)34-28(23)42/h2-6,13,15,23,31H,7-12,14,16,30H2,1H3,(H,32,41)(H,33,40)(H,34,39,42). The molecule has 15 nitrogen and oxygen atoms in total. The lowest BCUT2D eigenvalue weighted by molar-refractivity contribution is -0.137. The number of hydrogen-bond acceptors (Lipinski definition) is 10. The van der Waals surface area contributed by atoms with Crippen molar-refractivity contribution in [1.29, 1.82) is 0 Å². The summed E-state index contributed by atoms with van der Waals surface area (Å²) in [6, 6.07) is 9.14. The Labute approximate surface area is 252 Å². The molecule has 1 fully saturated rings. The van der Waals surface area contributed by atoms with Crippen LogP contribution in [0.5, 0.6) is 5.75 Å². The first kappa shape index (κ1) is 30.2. The van der Waals surface area contributed by atoms with E-state index in [0.717, 1.165) is 0 Å². The zero-order valence-electron chi connectivity index (χ0n) is 24.1. The van der Waals surface area contributed by atoms with E-state index in [0.29, 0.717) is 59.1 Å². The summed E-state index contributed by atoms with van der Waals surface area (Å²) in [4.78, 5) is 63.3. The van der Waals surface area contributed by atoms with Crippen LogP contribution in [0, 0.1) is 0 Å². The van der Waals surface area contributed by atoms with Gasteiger partial charge in [0.05, 0.1) is 32.1 Å². The number of fused-ring (bicyclic) bond motifs is 1. The first-order valence-corrected chi connectivity index (χ1v) is 14.1. The number of ether oxygens (including phenoxy) is 1. The summed E-state index contributed by atoms with van der Waals surface area (Å²) in [5, 5.41) is 19.3. The van der Waals surface area contributed by atoms with E-state index in [1.165, 1.54) is 12.0 Å². The van der Waals surface area contributed by atoms with Crippen molar-refractivity contribution in [2.45, 2.75) is 44.9 Å². The molecule has 3 aromatic rings. The fourth-order valence-electron chi connectivity index (χ4n) is 5.09. The Balaban J connectivity index is 1.03. The van der Waals surface area contributed by atoms with Crippen molar-refractivity contribution in [1.82, 2.24) is 35.8 Å². The van der Waals surface area contributed by atoms with Gasteiger partial charge in [0.2, 0.25) is 17.7 Å². The molecule has 2 aromatic carbocycles. The van der Waals surface area contributed by atoms with Gasteiger partial charge in [0.15, 0.2) is 0 Å². The van der Waals surface area contributed by atoms with Gasteiger partial charge in [-0.15, -0.1) is 5.10 Å². The maximum absolute atomic E-state index is 13.0. The van der Waals surface area contributed by atoms with Gasteiger partial charge in [-0.2, -0.15) is 0 Å². The molecule has 44 heavy (non-hydrogen) atoms. The molecule has 0 bridgehead atoms. The number of methoxy groups -OCH3 is 1. The van der Waals surface area contributed by atoms with E-state index in [-0.39, 0.29) is 56.0 Å². The molecule has 0 saturated carbocycles. The largest absolute Gasteiger partial charge is 0.495 e. The van der Waals surface area contributed by atoms with E-state index in [9.17, 15) is 24.0 Å². The van der Waals surface area contributed by atoms with Gasteiger partial charge >= 0.3 is 0 Å². The molecule has 2 aliphatic heterocycles. The van der Waals surface area contributed by atoms with Crippen molar-refractivity contribution < 1.29 is 28.7 Å². The third kappa shape index (κ3) is 6.83. The number of amides is 5. The number of carbonyl (C=O) groups is 5. The molecule has 6 N–H and O–H groups in total. The van der Waals surface area contributed by atoms with Gasteiger partial charge < -0.3 is 31.3 Å². The lowest BCUT2D eigenvalue weighted by Gasteiger charge is -2.29. The first-order chi connectivity index (χ1) is 21.2. The summed E-state index contributed by atoms with van der Waals surface area (Å²) >= 11 is 0. The van der Waals surface area contributed by atoms with Crippen LogP contribution in [-0.2, 0) is 34.0 Å². The van der Waals surface area contributed by atoms with Crippen LogP contribution in [0.1, 0.15) is 51.2 Å². The number of carbonyl (C=O) groups excluding carboxylic acids is 5. The highest BCUT2D eigenvalue weighted by molar-refractivity contribution is 6.06. The average molecular weight is 604 g/mol. The number of imide groups is 1. The van der Waals surface area contributed by atoms with Gasteiger partial charge in [-0.25, -0.2) is 0 Å². The van der Waals surface area contributed by atoms with Crippen molar-refractivity contribution in [2.75, 3.05) is 31.2 Å². The average Bonchev–Trinajstić information content (AvgIpc) is 3.60. The monoisotopic (exact) mass is 603 g/mol. The molecule has 1 atom stereocenters. The lowest BCUT2D eigenvalue weighted by atomic mass is 10.0. The predicted octanol–water partition coefficient (Wildman–Crippen LogP) is 0.178. The van der Waals surface area contributed by atoms with Crippen LogP contribution in [0.2, 0.25) is 0 Å². The smallest absolute Gasteiger partial charge is 0.255 e. The highest BCUT2D eigenvalue weighted by Crippen LogP contribution is 2.32. The molecule has 3 heterocycles. The fraction of sp³-hybridized carbons (Fsp3) is 0.345. The molecule has 5 rings (SSSR count). The number of anilines is 2. The summed E-state index contributed by atoms with van der Waals surface area (Å²) in [7, 11) is 1.48. The molecule has 2 aliphatic rings. The van der Waals surface area contributed by atoms with Gasteiger partial charge in [-0.3, -0.25) is 34.0 Å². The topological polar surface area (TPSA) is 203 Å². The predicted molar refractivity (Wildman–Crippen MR) is 157 cm³/mol. The first-order valence-electron chi connectivity index (χ1n) is 14.1. The van der Waals surface area contributed by atoms with Crippen LogP contribution < -0.4 is 31.7 Å². The Morgan fingerprint density at radius 3 is 2.80 bits per heavy atom. The second kappa shape index (κ2) is 13.3. The maximum atomic E-state index is 13.0. The van der Waals surface area contributed by atoms with Crippen LogP contribution in [0.3, 0.4) is 0 Å². The normalized spacial score (nSPS) is 16.0. The van der Waals surface area contributed by atoms with Crippen molar-refractivity contribution in [2.24, 2.45) is 0 Å². The second-order valence-corrected chi connectivity index (χ2v) is 10.4. The molecular formula is C29H33N9O6. The SMILES string of the molecule is COc1cc(C(=O)NCc2cn(CCNCCC(=O)Nc3cccc4c3CN(C3CCC(=O)NC3=O)C4=O)nn2)ccc1N. The van der Waals surface area contributed by atoms with Crippen molar-refractivity contribution >= 4 is 40.9 Å². The quantitative estimate of drug-likeness (QED) is 0.108. The number of hydrogen-bond donors (Lipinski definition) is 5. The number of benzene rings is 2. The maximum Gasteiger partial charge on any atom is 0.255 e. The number of nitrogens with one attached hydrogen (secondary N) is 4. The highest BCUT2D eigenvalue weighted by atomic mass is 16.5. The highest BCUT2D eigenvalue weighted by Gasteiger charge is 2.39. The van der Waals surface area contributed by atoms with E-state index in [1.807, 2.05) is 0 Å². The Morgan fingerprint density at radius 1 is 1.16 bits per heavy atom. The second-order valence-electron chi connectivity index (χ2n) is 10.4. The number of nitrogens with zero attached hydrogens (tertiary/aromatic N) is 4. The molecule has 15 heteroatoms. The van der Waals surface area contributed by atoms with E-state index >= 15 is 0 Å². The minimum absolute atomic E-state index is 0.172. The van der Waals surface area contributed by atoms with E-state index in [2.05, 4.69) is 31.6 Å². The van der Waals surface area contributed by atoms with E-state index < -0.39 is 11.9 Å². The molecule has 230 valence electrons. The molecule has 1 unspecified atom stereocenters. The third-order valence-electron chi connectivity index (χ3n) is 7.41. The summed E-state index contributed by atoms with van der Waals surface area (Å²) < 4.78 is 6.79. The lowest BCUT2D eigenvalue weighted by Crippen LogP contribution is -2.52. The van der Waals surface area contributed by atoms with Crippen molar-refractivity contribution in [3.05, 3.63) is 65.0 Å². The molecule has 0 spiro atoms. The number of aromatic nitrogens is 3. The Hall–Kier alpha value is -5.31. The zero-order valence-corrected chi connectivity index (χ0v) is 24.1. The molecule has 0 aliphatic carbocycles. The number of nitrogens with two attached hydrogens (primary N) is 1. The van der Waals surface area contributed by atoms with Crippen LogP contribution in [0.4, 0.5) is 11.4 Å². The van der Waals surface area contributed by atoms with Crippen molar-refractivity contribution in [3.63, 3.8) is 0 Å². The number of piperidine rings is 1. The Morgan fingerprint density at radius 2 is 2.00 bits per heavy atom. The van der Waals surface area contributed by atoms with Gasteiger partial charge in [0.1, 0.15) is 17.5 Å². The minimum Gasteiger partial charge on any atom is -0.495 e. The van der Waals surface area contributed by atoms with Crippen LogP contribution >= 0.6 is 0 Å². The van der Waals surface area contributed by atoms with Crippen LogP contribution in [0.25, 0.3) is 0 Å². The van der Waals surface area contributed by atoms with Crippen LogP contribution in [-0.4, -0.2) is 75.7 Å². The fourth-order valence-corrected chi connectivity index (χ4v) is 5.09. The van der Waals surface area contributed by atoms with Gasteiger partial charge in [-0.05, 0) is 36.8 Å². The Bertz CT molecular complexity index is 1600. The zero-order chi connectivity index (χ0) is 31.2. The summed E-state index contributed by atoms with van der Waals surface area (Å²) in [5.74, 6) is -1.22. The van der Waals surface area contributed by atoms with Crippen LogP contribution in [0.15, 0.2) is 42.6 Å². The molecule has 0 radical (unpaired) electrons. The summed E-state index contributed by atoms with van der Waals surface area (Å²) in [5.41, 5.74) is 8.84.